The molecular weight excluding hydrogens is 484 g/mol. The summed E-state index contributed by atoms with van der Waals surface area (Å²) >= 11 is 1.29. The van der Waals surface area contributed by atoms with Crippen LogP contribution in [-0.4, -0.2) is 45.8 Å². The van der Waals surface area contributed by atoms with E-state index >= 15 is 0 Å². The summed E-state index contributed by atoms with van der Waals surface area (Å²) in [7, 11) is 0. The quantitative estimate of drug-likeness (QED) is 0.285. The van der Waals surface area contributed by atoms with E-state index in [1.165, 1.54) is 17.8 Å². The van der Waals surface area contributed by atoms with Gasteiger partial charge in [-0.3, -0.25) is 9.59 Å². The van der Waals surface area contributed by atoms with E-state index in [1.54, 1.807) is 55.5 Å². The van der Waals surface area contributed by atoms with Crippen LogP contribution in [0.2, 0.25) is 0 Å². The topological polar surface area (TPSA) is 142 Å². The molecule has 10 heteroatoms. The first-order valence-electron chi connectivity index (χ1n) is 10.9. The molecule has 0 spiro atoms. The molecule has 3 rings (SSSR count). The predicted octanol–water partition coefficient (Wildman–Crippen LogP) is 4.85. The van der Waals surface area contributed by atoms with Gasteiger partial charge < -0.3 is 25.6 Å². The lowest BCUT2D eigenvalue weighted by atomic mass is 10.0. The number of nitrogens with one attached hydrogen (secondary N) is 2. The standard InChI is InChI=1S/C26H24N2O7S/c1-3-35-19-10-8-17(9-11-19)27-23(29)15(2)36-20-6-4-5-18(14-20)28-24(30)21-12-7-16(25(31)32)13-22(21)26(33)34/h4-15H,3H2,1-2H3,(H,27,29)(H,28,30)(H,31,32)(H,33,34). The summed E-state index contributed by atoms with van der Waals surface area (Å²) in [6.07, 6.45) is 0. The van der Waals surface area contributed by atoms with Gasteiger partial charge in [0.1, 0.15) is 5.75 Å². The largest absolute Gasteiger partial charge is 0.494 e. The number of thioether (sulfide) groups is 1. The van der Waals surface area contributed by atoms with Crippen LogP contribution in [0.3, 0.4) is 0 Å². The van der Waals surface area contributed by atoms with Gasteiger partial charge in [0.15, 0.2) is 0 Å². The highest BCUT2D eigenvalue weighted by Crippen LogP contribution is 2.27. The van der Waals surface area contributed by atoms with Crippen molar-refractivity contribution >= 4 is 46.9 Å². The number of hydrogen-bond acceptors (Lipinski definition) is 6. The van der Waals surface area contributed by atoms with Crippen LogP contribution in [0.5, 0.6) is 5.75 Å². The van der Waals surface area contributed by atoms with Crippen molar-refractivity contribution in [2.24, 2.45) is 0 Å². The number of amides is 2. The van der Waals surface area contributed by atoms with Crippen LogP contribution >= 0.6 is 11.8 Å². The monoisotopic (exact) mass is 508 g/mol. The fourth-order valence-electron chi connectivity index (χ4n) is 3.20. The maximum atomic E-state index is 12.7. The van der Waals surface area contributed by atoms with Gasteiger partial charge in [-0.15, -0.1) is 11.8 Å². The molecule has 36 heavy (non-hydrogen) atoms. The Morgan fingerprint density at radius 2 is 1.58 bits per heavy atom. The molecule has 0 radical (unpaired) electrons. The van der Waals surface area contributed by atoms with E-state index in [0.717, 1.165) is 12.1 Å². The smallest absolute Gasteiger partial charge is 0.336 e. The van der Waals surface area contributed by atoms with Gasteiger partial charge in [-0.2, -0.15) is 0 Å². The Morgan fingerprint density at radius 3 is 2.22 bits per heavy atom. The lowest BCUT2D eigenvalue weighted by Crippen LogP contribution is -2.22. The van der Waals surface area contributed by atoms with Crippen molar-refractivity contribution < 1.29 is 34.1 Å². The Bertz CT molecular complexity index is 1290. The number of carboxylic acid groups (broad SMARTS) is 2. The van der Waals surface area contributed by atoms with E-state index in [9.17, 15) is 24.3 Å². The van der Waals surface area contributed by atoms with Crippen molar-refractivity contribution in [2.45, 2.75) is 24.0 Å². The Balaban J connectivity index is 1.67. The van der Waals surface area contributed by atoms with Crippen LogP contribution in [0, 0.1) is 0 Å². The molecular formula is C26H24N2O7S. The fourth-order valence-corrected chi connectivity index (χ4v) is 4.13. The van der Waals surface area contributed by atoms with Gasteiger partial charge in [0.2, 0.25) is 5.91 Å². The highest BCUT2D eigenvalue weighted by Gasteiger charge is 2.20. The second-order valence-corrected chi connectivity index (χ2v) is 8.97. The average molecular weight is 509 g/mol. The minimum atomic E-state index is -1.42. The first kappa shape index (κ1) is 26.3. The van der Waals surface area contributed by atoms with Gasteiger partial charge in [-0.05, 0) is 74.5 Å². The summed E-state index contributed by atoms with van der Waals surface area (Å²) in [6, 6.07) is 17.1. The summed E-state index contributed by atoms with van der Waals surface area (Å²) in [4.78, 5) is 48.7. The molecule has 0 bridgehead atoms. The van der Waals surface area contributed by atoms with Gasteiger partial charge >= 0.3 is 11.9 Å². The number of ether oxygens (including phenoxy) is 1. The van der Waals surface area contributed by atoms with Gasteiger partial charge in [0, 0.05) is 16.3 Å². The Labute approximate surface area is 211 Å². The number of carbonyl (C=O) groups is 4. The van der Waals surface area contributed by atoms with Crippen LogP contribution in [0.25, 0.3) is 0 Å². The number of hydrogen-bond donors (Lipinski definition) is 4. The Morgan fingerprint density at radius 1 is 0.861 bits per heavy atom. The Kier molecular flexibility index (Phi) is 8.69. The molecule has 0 saturated heterocycles. The molecule has 0 aromatic heterocycles. The van der Waals surface area contributed by atoms with Crippen LogP contribution < -0.4 is 15.4 Å². The third-order valence-electron chi connectivity index (χ3n) is 4.95. The SMILES string of the molecule is CCOc1ccc(NC(=O)C(C)Sc2cccc(NC(=O)c3ccc(C(=O)O)cc3C(=O)O)c2)cc1. The number of rotatable bonds is 10. The van der Waals surface area contributed by atoms with Crippen molar-refractivity contribution in [2.75, 3.05) is 17.2 Å². The van der Waals surface area contributed by atoms with Crippen molar-refractivity contribution in [1.29, 1.82) is 0 Å². The summed E-state index contributed by atoms with van der Waals surface area (Å²) in [5.41, 5.74) is 0.203. The zero-order valence-corrected chi connectivity index (χ0v) is 20.3. The third kappa shape index (κ3) is 6.86. The minimum absolute atomic E-state index is 0.173. The molecule has 0 aliphatic heterocycles. The minimum Gasteiger partial charge on any atom is -0.494 e. The van der Waals surface area contributed by atoms with Gasteiger partial charge in [0.25, 0.3) is 5.91 Å². The average Bonchev–Trinajstić information content (AvgIpc) is 2.85. The molecule has 186 valence electrons. The highest BCUT2D eigenvalue weighted by molar-refractivity contribution is 8.00. The Hall–Kier alpha value is -4.31. The highest BCUT2D eigenvalue weighted by atomic mass is 32.2. The van der Waals surface area contributed by atoms with Crippen molar-refractivity contribution in [3.05, 3.63) is 83.4 Å². The maximum Gasteiger partial charge on any atom is 0.336 e. The predicted molar refractivity (Wildman–Crippen MR) is 136 cm³/mol. The molecule has 1 unspecified atom stereocenters. The first-order valence-corrected chi connectivity index (χ1v) is 11.8. The number of benzene rings is 3. The zero-order chi connectivity index (χ0) is 26.2. The second kappa shape index (κ2) is 11.9. The van der Waals surface area contributed by atoms with E-state index in [4.69, 9.17) is 9.84 Å². The molecule has 1 atom stereocenters. The first-order chi connectivity index (χ1) is 17.2. The number of carboxylic acids is 2. The van der Waals surface area contributed by atoms with Crippen LogP contribution in [0.4, 0.5) is 11.4 Å². The summed E-state index contributed by atoms with van der Waals surface area (Å²) in [5, 5.41) is 23.5. The van der Waals surface area contributed by atoms with Crippen LogP contribution in [0.1, 0.15) is 44.9 Å². The summed E-state index contributed by atoms with van der Waals surface area (Å²) < 4.78 is 5.39. The third-order valence-corrected chi connectivity index (χ3v) is 6.04. The van der Waals surface area contributed by atoms with Crippen molar-refractivity contribution in [3.63, 3.8) is 0 Å². The van der Waals surface area contributed by atoms with E-state index in [1.807, 2.05) is 6.92 Å². The fraction of sp³-hybridized carbons (Fsp3) is 0.154. The molecule has 0 aliphatic carbocycles. The number of carbonyl (C=O) groups excluding carboxylic acids is 2. The van der Waals surface area contributed by atoms with E-state index in [0.29, 0.717) is 28.6 Å². The molecule has 0 saturated carbocycles. The molecule has 4 N–H and O–H groups in total. The van der Waals surface area contributed by atoms with Crippen LogP contribution in [-0.2, 0) is 4.79 Å². The number of aromatic carboxylic acids is 2. The second-order valence-electron chi connectivity index (χ2n) is 7.56. The molecule has 0 aliphatic rings. The molecule has 0 fully saturated rings. The maximum absolute atomic E-state index is 12.7. The molecule has 3 aromatic rings. The van der Waals surface area contributed by atoms with Gasteiger partial charge in [-0.25, -0.2) is 9.59 Å². The molecule has 2 amide bonds. The van der Waals surface area contributed by atoms with Crippen molar-refractivity contribution in [3.8, 4) is 5.75 Å². The van der Waals surface area contributed by atoms with Crippen molar-refractivity contribution in [1.82, 2.24) is 0 Å². The number of anilines is 2. The lowest BCUT2D eigenvalue weighted by molar-refractivity contribution is -0.115. The summed E-state index contributed by atoms with van der Waals surface area (Å²) in [6.45, 7) is 4.19. The van der Waals surface area contributed by atoms with E-state index in [2.05, 4.69) is 10.6 Å². The lowest BCUT2D eigenvalue weighted by Gasteiger charge is -2.14. The summed E-state index contributed by atoms with van der Waals surface area (Å²) in [5.74, 6) is -2.91. The van der Waals surface area contributed by atoms with E-state index < -0.39 is 28.7 Å². The van der Waals surface area contributed by atoms with Gasteiger partial charge in [0.05, 0.1) is 28.5 Å². The zero-order valence-electron chi connectivity index (χ0n) is 19.5. The van der Waals surface area contributed by atoms with Crippen LogP contribution in [0.15, 0.2) is 71.6 Å². The normalized spacial score (nSPS) is 11.3. The molecule has 0 heterocycles. The molecule has 3 aromatic carbocycles. The van der Waals surface area contributed by atoms with Gasteiger partial charge in [-0.1, -0.05) is 6.07 Å². The molecule has 9 nitrogen and oxygen atoms in total. The van der Waals surface area contributed by atoms with E-state index in [-0.39, 0.29) is 17.0 Å².